The number of hydrogen-bond acceptors (Lipinski definition) is 3. The summed E-state index contributed by atoms with van der Waals surface area (Å²) in [7, 11) is 0. The molecule has 17 heavy (non-hydrogen) atoms. The first-order valence-electron chi connectivity index (χ1n) is 6.46. The van der Waals surface area contributed by atoms with Gasteiger partial charge in [0.25, 0.3) is 0 Å². The van der Waals surface area contributed by atoms with Crippen LogP contribution in [0.15, 0.2) is 0 Å². The monoisotopic (exact) mass is 240 g/mol. The zero-order valence-corrected chi connectivity index (χ0v) is 11.3. The van der Waals surface area contributed by atoms with Crippen LogP contribution in [0.25, 0.3) is 0 Å². The average molecular weight is 240 g/mol. The highest BCUT2D eigenvalue weighted by molar-refractivity contribution is 5.82. The van der Waals surface area contributed by atoms with Crippen molar-refractivity contribution in [3.63, 3.8) is 0 Å². The maximum atomic E-state index is 11.9. The first-order valence-corrected chi connectivity index (χ1v) is 6.46. The van der Waals surface area contributed by atoms with Crippen LogP contribution in [0.3, 0.4) is 0 Å². The highest BCUT2D eigenvalue weighted by Gasteiger charge is 2.29. The maximum absolute atomic E-state index is 11.9. The van der Waals surface area contributed by atoms with Crippen molar-refractivity contribution in [3.8, 4) is 0 Å². The maximum Gasteiger partial charge on any atom is 0.237 e. The molecule has 1 heterocycles. The standard InChI is InChI=1S/C13H24N2O2/c1-9(2)14-13(17)10(3)15-7-5-6-12(8-15)11(4)16/h9-10,12H,5-8H2,1-4H3,(H,14,17). The fraction of sp³-hybridized carbons (Fsp3) is 0.846. The molecule has 0 saturated carbocycles. The highest BCUT2D eigenvalue weighted by atomic mass is 16.2. The van der Waals surface area contributed by atoms with Crippen molar-refractivity contribution in [2.75, 3.05) is 13.1 Å². The minimum Gasteiger partial charge on any atom is -0.353 e. The van der Waals surface area contributed by atoms with Gasteiger partial charge in [-0.3, -0.25) is 14.5 Å². The van der Waals surface area contributed by atoms with Gasteiger partial charge in [-0.1, -0.05) is 0 Å². The zero-order valence-electron chi connectivity index (χ0n) is 11.3. The lowest BCUT2D eigenvalue weighted by Gasteiger charge is -2.35. The number of ketones is 1. The van der Waals surface area contributed by atoms with Crippen LogP contribution in [0.2, 0.25) is 0 Å². The molecular formula is C13H24N2O2. The molecule has 0 bridgehead atoms. The van der Waals surface area contributed by atoms with Crippen LogP contribution in [0.1, 0.15) is 40.5 Å². The Balaban J connectivity index is 2.54. The smallest absolute Gasteiger partial charge is 0.237 e. The molecule has 2 atom stereocenters. The third kappa shape index (κ3) is 4.11. The number of hydrogen-bond donors (Lipinski definition) is 1. The molecule has 0 aromatic rings. The summed E-state index contributed by atoms with van der Waals surface area (Å²) in [6, 6.07) is 0.0258. The van der Waals surface area contributed by atoms with Gasteiger partial charge in [-0.2, -0.15) is 0 Å². The number of nitrogens with zero attached hydrogens (tertiary/aromatic N) is 1. The number of likely N-dealkylation sites (tertiary alicyclic amines) is 1. The molecule has 1 amide bonds. The fourth-order valence-corrected chi connectivity index (χ4v) is 2.26. The summed E-state index contributed by atoms with van der Waals surface area (Å²) in [4.78, 5) is 25.4. The number of carbonyl (C=O) groups is 2. The quantitative estimate of drug-likeness (QED) is 0.803. The summed E-state index contributed by atoms with van der Waals surface area (Å²) in [6.07, 6.45) is 1.97. The van der Waals surface area contributed by atoms with Gasteiger partial charge >= 0.3 is 0 Å². The summed E-state index contributed by atoms with van der Waals surface area (Å²) in [5.74, 6) is 0.411. The lowest BCUT2D eigenvalue weighted by Crippen LogP contribution is -2.51. The van der Waals surface area contributed by atoms with Crippen LogP contribution >= 0.6 is 0 Å². The Morgan fingerprint density at radius 2 is 1.94 bits per heavy atom. The summed E-state index contributed by atoms with van der Waals surface area (Å²) in [5, 5.41) is 2.92. The Kier molecular flexibility index (Phi) is 5.12. The van der Waals surface area contributed by atoms with Gasteiger partial charge in [0.05, 0.1) is 6.04 Å². The number of rotatable bonds is 4. The largest absolute Gasteiger partial charge is 0.353 e. The van der Waals surface area contributed by atoms with E-state index in [0.717, 1.165) is 25.9 Å². The van der Waals surface area contributed by atoms with E-state index in [4.69, 9.17) is 0 Å². The van der Waals surface area contributed by atoms with Gasteiger partial charge in [0.1, 0.15) is 5.78 Å². The first-order chi connectivity index (χ1) is 7.91. The number of amides is 1. The number of Topliss-reactive ketones (excluding diaryl/α,β-unsaturated/α-hetero) is 1. The Labute approximate surface area is 104 Å². The van der Waals surface area contributed by atoms with Crippen molar-refractivity contribution in [2.45, 2.75) is 52.6 Å². The molecule has 2 unspecified atom stereocenters. The normalized spacial score (nSPS) is 23.5. The minimum atomic E-state index is -0.139. The van der Waals surface area contributed by atoms with Crippen LogP contribution in [-0.2, 0) is 9.59 Å². The molecule has 0 spiro atoms. The van der Waals surface area contributed by atoms with E-state index < -0.39 is 0 Å². The van der Waals surface area contributed by atoms with E-state index in [1.165, 1.54) is 0 Å². The van der Waals surface area contributed by atoms with Crippen molar-refractivity contribution >= 4 is 11.7 Å². The van der Waals surface area contributed by atoms with Crippen LogP contribution < -0.4 is 5.32 Å². The molecule has 4 heteroatoms. The van der Waals surface area contributed by atoms with Crippen LogP contribution in [0, 0.1) is 5.92 Å². The number of carbonyl (C=O) groups excluding carboxylic acids is 2. The van der Waals surface area contributed by atoms with E-state index in [1.54, 1.807) is 6.92 Å². The number of nitrogens with one attached hydrogen (secondary N) is 1. The average Bonchev–Trinajstić information content (AvgIpc) is 2.27. The molecule has 1 saturated heterocycles. The fourth-order valence-electron chi connectivity index (χ4n) is 2.26. The van der Waals surface area contributed by atoms with Crippen molar-refractivity contribution in [1.82, 2.24) is 10.2 Å². The molecular weight excluding hydrogens is 216 g/mol. The van der Waals surface area contributed by atoms with E-state index in [1.807, 2.05) is 20.8 Å². The molecule has 0 aromatic carbocycles. The van der Waals surface area contributed by atoms with Gasteiger partial charge in [0.15, 0.2) is 0 Å². The Morgan fingerprint density at radius 1 is 1.29 bits per heavy atom. The van der Waals surface area contributed by atoms with E-state index in [2.05, 4.69) is 10.2 Å². The lowest BCUT2D eigenvalue weighted by molar-refractivity contribution is -0.129. The summed E-state index contributed by atoms with van der Waals surface area (Å²) in [5.41, 5.74) is 0. The van der Waals surface area contributed by atoms with Crippen molar-refractivity contribution in [1.29, 1.82) is 0 Å². The highest BCUT2D eigenvalue weighted by Crippen LogP contribution is 2.19. The minimum absolute atomic E-state index is 0.0594. The molecule has 1 fully saturated rings. The Hall–Kier alpha value is -0.900. The Bertz CT molecular complexity index is 289. The summed E-state index contributed by atoms with van der Waals surface area (Å²) < 4.78 is 0. The molecule has 98 valence electrons. The second-order valence-corrected chi connectivity index (χ2v) is 5.28. The molecule has 1 aliphatic heterocycles. The summed E-state index contributed by atoms with van der Waals surface area (Å²) in [6.45, 7) is 9.12. The van der Waals surface area contributed by atoms with Gasteiger partial charge in [0, 0.05) is 18.5 Å². The molecule has 1 rings (SSSR count). The van der Waals surface area contributed by atoms with Crippen molar-refractivity contribution in [3.05, 3.63) is 0 Å². The van der Waals surface area contributed by atoms with Gasteiger partial charge < -0.3 is 5.32 Å². The van der Waals surface area contributed by atoms with E-state index in [0.29, 0.717) is 0 Å². The molecule has 0 aliphatic carbocycles. The topological polar surface area (TPSA) is 49.4 Å². The third-order valence-electron chi connectivity index (χ3n) is 3.39. The Morgan fingerprint density at radius 3 is 2.47 bits per heavy atom. The number of piperidine rings is 1. The van der Waals surface area contributed by atoms with Crippen molar-refractivity contribution < 1.29 is 9.59 Å². The SMILES string of the molecule is CC(=O)C1CCCN(C(C)C(=O)NC(C)C)C1. The van der Waals surface area contributed by atoms with Gasteiger partial charge in [-0.05, 0) is 47.1 Å². The zero-order chi connectivity index (χ0) is 13.0. The molecule has 0 radical (unpaired) electrons. The van der Waals surface area contributed by atoms with E-state index >= 15 is 0 Å². The predicted molar refractivity (Wildman–Crippen MR) is 67.7 cm³/mol. The molecule has 1 N–H and O–H groups in total. The lowest BCUT2D eigenvalue weighted by atomic mass is 9.93. The van der Waals surface area contributed by atoms with Gasteiger partial charge in [-0.15, -0.1) is 0 Å². The molecule has 1 aliphatic rings. The molecule has 4 nitrogen and oxygen atoms in total. The van der Waals surface area contributed by atoms with Crippen LogP contribution in [-0.4, -0.2) is 41.8 Å². The van der Waals surface area contributed by atoms with Gasteiger partial charge in [0.2, 0.25) is 5.91 Å². The van der Waals surface area contributed by atoms with Crippen LogP contribution in [0.5, 0.6) is 0 Å². The second-order valence-electron chi connectivity index (χ2n) is 5.28. The van der Waals surface area contributed by atoms with Crippen LogP contribution in [0.4, 0.5) is 0 Å². The summed E-state index contributed by atoms with van der Waals surface area (Å²) >= 11 is 0. The van der Waals surface area contributed by atoms with E-state index in [9.17, 15) is 9.59 Å². The van der Waals surface area contributed by atoms with Crippen molar-refractivity contribution in [2.24, 2.45) is 5.92 Å². The first kappa shape index (κ1) is 14.2. The third-order valence-corrected chi connectivity index (χ3v) is 3.39. The predicted octanol–water partition coefficient (Wildman–Crippen LogP) is 1.20. The van der Waals surface area contributed by atoms with Gasteiger partial charge in [-0.25, -0.2) is 0 Å². The molecule has 0 aromatic heterocycles. The second kappa shape index (κ2) is 6.15. The van der Waals surface area contributed by atoms with E-state index in [-0.39, 0.29) is 29.7 Å².